The molecule has 0 bridgehead atoms. The van der Waals surface area contributed by atoms with Gasteiger partial charge in [0.25, 0.3) is 0 Å². The number of ether oxygens (including phenoxy) is 1. The summed E-state index contributed by atoms with van der Waals surface area (Å²) in [6, 6.07) is 8.52. The molecule has 2 unspecified atom stereocenters. The topological polar surface area (TPSA) is 40.1 Å². The van der Waals surface area contributed by atoms with Gasteiger partial charge < -0.3 is 19.9 Å². The summed E-state index contributed by atoms with van der Waals surface area (Å²) in [7, 11) is 3.62. The maximum atomic E-state index is 5.27. The van der Waals surface area contributed by atoms with Gasteiger partial charge in [0, 0.05) is 39.1 Å². The molecule has 2 atom stereocenters. The van der Waals surface area contributed by atoms with E-state index < -0.39 is 0 Å². The molecule has 3 rings (SSSR count). The lowest BCUT2D eigenvalue weighted by atomic mass is 9.98. The first-order valence-electron chi connectivity index (χ1n) is 10.5. The second-order valence-corrected chi connectivity index (χ2v) is 8.10. The van der Waals surface area contributed by atoms with Gasteiger partial charge in [0.1, 0.15) is 5.75 Å². The van der Waals surface area contributed by atoms with Crippen molar-refractivity contribution in [1.82, 2.24) is 15.1 Å². The molecule has 0 aliphatic carbocycles. The molecule has 0 saturated carbocycles. The number of guanidine groups is 1. The molecular weight excluding hydrogens is 463 g/mol. The summed E-state index contributed by atoms with van der Waals surface area (Å²) < 4.78 is 5.27. The Balaban J connectivity index is 0.00000280. The highest BCUT2D eigenvalue weighted by atomic mass is 127. The van der Waals surface area contributed by atoms with Gasteiger partial charge in [-0.05, 0) is 56.0 Å². The fourth-order valence-corrected chi connectivity index (χ4v) is 4.35. The van der Waals surface area contributed by atoms with Crippen molar-refractivity contribution in [2.75, 3.05) is 53.4 Å². The standard InChI is InChI=1S/C22H36N4O.HI/c1-18(16-25-12-5-4-6-13-25)15-24-22(23-2)26-14-11-20(17-26)19-7-9-21(27-3)10-8-19;/h7-10,18,20H,4-6,11-17H2,1-3H3,(H,23,24);1H. The van der Waals surface area contributed by atoms with E-state index >= 15 is 0 Å². The van der Waals surface area contributed by atoms with Crippen molar-refractivity contribution in [2.45, 2.75) is 38.5 Å². The number of aliphatic imine (C=N–C) groups is 1. The Labute approximate surface area is 187 Å². The molecule has 1 aromatic carbocycles. The second-order valence-electron chi connectivity index (χ2n) is 8.10. The fraction of sp³-hybridized carbons (Fsp3) is 0.682. The zero-order chi connectivity index (χ0) is 19.1. The van der Waals surface area contributed by atoms with Crippen molar-refractivity contribution >= 4 is 29.9 Å². The molecule has 2 fully saturated rings. The SMILES string of the molecule is CN=C(NCC(C)CN1CCCCC1)N1CCC(c2ccc(OC)cc2)C1.I. The van der Waals surface area contributed by atoms with E-state index in [1.165, 1.54) is 50.9 Å². The lowest BCUT2D eigenvalue weighted by molar-refractivity contribution is 0.200. The van der Waals surface area contributed by atoms with E-state index in [0.29, 0.717) is 11.8 Å². The van der Waals surface area contributed by atoms with Crippen LogP contribution >= 0.6 is 24.0 Å². The Morgan fingerprint density at radius 1 is 1.18 bits per heavy atom. The minimum Gasteiger partial charge on any atom is -0.497 e. The molecule has 158 valence electrons. The molecule has 6 heteroatoms. The van der Waals surface area contributed by atoms with Crippen LogP contribution in [0.25, 0.3) is 0 Å². The predicted molar refractivity (Wildman–Crippen MR) is 128 cm³/mol. The minimum atomic E-state index is 0. The second kappa shape index (κ2) is 11.9. The van der Waals surface area contributed by atoms with Crippen molar-refractivity contribution < 1.29 is 4.74 Å². The number of rotatable bonds is 6. The summed E-state index contributed by atoms with van der Waals surface area (Å²) in [6.45, 7) is 9.18. The number of hydrogen-bond acceptors (Lipinski definition) is 3. The van der Waals surface area contributed by atoms with E-state index in [0.717, 1.165) is 31.3 Å². The van der Waals surface area contributed by atoms with Crippen molar-refractivity contribution in [3.63, 3.8) is 0 Å². The van der Waals surface area contributed by atoms with Crippen molar-refractivity contribution in [3.8, 4) is 5.75 Å². The summed E-state index contributed by atoms with van der Waals surface area (Å²) in [4.78, 5) is 9.57. The van der Waals surface area contributed by atoms with E-state index in [2.05, 4.69) is 51.3 Å². The zero-order valence-corrected chi connectivity index (χ0v) is 20.0. The monoisotopic (exact) mass is 500 g/mol. The van der Waals surface area contributed by atoms with Gasteiger partial charge in [-0.25, -0.2) is 0 Å². The Bertz CT molecular complexity index is 601. The summed E-state index contributed by atoms with van der Waals surface area (Å²) in [5, 5.41) is 3.62. The molecule has 2 aliphatic rings. The maximum Gasteiger partial charge on any atom is 0.193 e. The molecular formula is C22H37IN4O. The summed E-state index contributed by atoms with van der Waals surface area (Å²) in [5.41, 5.74) is 1.40. The number of piperidine rings is 1. The summed E-state index contributed by atoms with van der Waals surface area (Å²) in [6.07, 6.45) is 5.31. The summed E-state index contributed by atoms with van der Waals surface area (Å²) >= 11 is 0. The molecule has 1 aromatic rings. The molecule has 2 aliphatic heterocycles. The number of halogens is 1. The van der Waals surface area contributed by atoms with Crippen LogP contribution in [0.4, 0.5) is 0 Å². The molecule has 0 amide bonds. The van der Waals surface area contributed by atoms with Crippen LogP contribution in [-0.2, 0) is 0 Å². The average Bonchev–Trinajstić information content (AvgIpc) is 3.19. The smallest absolute Gasteiger partial charge is 0.193 e. The van der Waals surface area contributed by atoms with Crippen LogP contribution in [0.5, 0.6) is 5.75 Å². The Kier molecular flexibility index (Phi) is 9.85. The highest BCUT2D eigenvalue weighted by molar-refractivity contribution is 14.0. The Morgan fingerprint density at radius 2 is 1.89 bits per heavy atom. The molecule has 0 radical (unpaired) electrons. The molecule has 0 spiro atoms. The predicted octanol–water partition coefficient (Wildman–Crippen LogP) is 3.80. The third-order valence-corrected chi connectivity index (χ3v) is 5.91. The normalized spacial score (nSPS) is 21.9. The summed E-state index contributed by atoms with van der Waals surface area (Å²) in [5.74, 6) is 3.19. The molecule has 2 heterocycles. The van der Waals surface area contributed by atoms with Crippen LogP contribution in [0.15, 0.2) is 29.3 Å². The van der Waals surface area contributed by atoms with E-state index in [-0.39, 0.29) is 24.0 Å². The van der Waals surface area contributed by atoms with Crippen LogP contribution in [0.3, 0.4) is 0 Å². The molecule has 28 heavy (non-hydrogen) atoms. The number of methoxy groups -OCH3 is 1. The number of benzene rings is 1. The maximum absolute atomic E-state index is 5.27. The van der Waals surface area contributed by atoms with Crippen LogP contribution in [0.2, 0.25) is 0 Å². The molecule has 5 nitrogen and oxygen atoms in total. The van der Waals surface area contributed by atoms with Gasteiger partial charge in [-0.1, -0.05) is 25.5 Å². The van der Waals surface area contributed by atoms with Gasteiger partial charge >= 0.3 is 0 Å². The number of nitrogens with one attached hydrogen (secondary N) is 1. The third kappa shape index (κ3) is 6.51. The first-order chi connectivity index (χ1) is 13.2. The molecule has 2 saturated heterocycles. The number of hydrogen-bond donors (Lipinski definition) is 1. The largest absolute Gasteiger partial charge is 0.497 e. The van der Waals surface area contributed by atoms with Gasteiger partial charge in [0.15, 0.2) is 5.96 Å². The zero-order valence-electron chi connectivity index (χ0n) is 17.7. The Hall–Kier alpha value is -1.02. The van der Waals surface area contributed by atoms with Gasteiger partial charge in [-0.2, -0.15) is 0 Å². The average molecular weight is 500 g/mol. The van der Waals surface area contributed by atoms with Gasteiger partial charge in [0.05, 0.1) is 7.11 Å². The first-order valence-corrected chi connectivity index (χ1v) is 10.5. The van der Waals surface area contributed by atoms with Crippen LogP contribution in [0.1, 0.15) is 44.1 Å². The van der Waals surface area contributed by atoms with E-state index in [1.54, 1.807) is 7.11 Å². The highest BCUT2D eigenvalue weighted by Crippen LogP contribution is 2.28. The van der Waals surface area contributed by atoms with Crippen molar-refractivity contribution in [1.29, 1.82) is 0 Å². The van der Waals surface area contributed by atoms with Crippen LogP contribution in [-0.4, -0.2) is 69.2 Å². The van der Waals surface area contributed by atoms with Crippen LogP contribution in [0, 0.1) is 5.92 Å². The third-order valence-electron chi connectivity index (χ3n) is 5.91. The van der Waals surface area contributed by atoms with E-state index in [9.17, 15) is 0 Å². The highest BCUT2D eigenvalue weighted by Gasteiger charge is 2.26. The quantitative estimate of drug-likeness (QED) is 0.367. The number of likely N-dealkylation sites (tertiary alicyclic amines) is 2. The van der Waals surface area contributed by atoms with Crippen LogP contribution < -0.4 is 10.1 Å². The molecule has 1 N–H and O–H groups in total. The lowest BCUT2D eigenvalue weighted by Gasteiger charge is -2.30. The minimum absolute atomic E-state index is 0. The number of nitrogens with zero attached hydrogens (tertiary/aromatic N) is 3. The van der Waals surface area contributed by atoms with Gasteiger partial charge in [-0.3, -0.25) is 4.99 Å². The molecule has 0 aromatic heterocycles. The first kappa shape index (κ1) is 23.3. The van der Waals surface area contributed by atoms with Crippen molar-refractivity contribution in [2.24, 2.45) is 10.9 Å². The van der Waals surface area contributed by atoms with Crippen molar-refractivity contribution in [3.05, 3.63) is 29.8 Å². The lowest BCUT2D eigenvalue weighted by Crippen LogP contribution is -2.43. The fourth-order valence-electron chi connectivity index (χ4n) is 4.35. The van der Waals surface area contributed by atoms with E-state index in [4.69, 9.17) is 4.74 Å². The van der Waals surface area contributed by atoms with E-state index in [1.807, 2.05) is 7.05 Å². The van der Waals surface area contributed by atoms with Gasteiger partial charge in [-0.15, -0.1) is 24.0 Å². The Morgan fingerprint density at radius 3 is 2.54 bits per heavy atom. The van der Waals surface area contributed by atoms with Gasteiger partial charge in [0.2, 0.25) is 0 Å².